The summed E-state index contributed by atoms with van der Waals surface area (Å²) in [5.41, 5.74) is 3.08. The van der Waals surface area contributed by atoms with E-state index in [1.54, 1.807) is 0 Å². The van der Waals surface area contributed by atoms with E-state index in [1.807, 2.05) is 6.92 Å². The topological polar surface area (TPSA) is 24.9 Å². The number of alkyl halides is 3. The number of hydrogen-bond acceptors (Lipinski definition) is 2. The molecule has 5 heteroatoms. The van der Waals surface area contributed by atoms with Gasteiger partial charge in [-0.2, -0.15) is 13.2 Å². The zero-order valence-electron chi connectivity index (χ0n) is 11.1. The van der Waals surface area contributed by atoms with E-state index in [0.29, 0.717) is 10.9 Å². The second-order valence-electron chi connectivity index (χ2n) is 5.14. The van der Waals surface area contributed by atoms with Gasteiger partial charge in [0.25, 0.3) is 0 Å². The van der Waals surface area contributed by atoms with E-state index >= 15 is 0 Å². The molecule has 0 aliphatic carbocycles. The highest BCUT2D eigenvalue weighted by molar-refractivity contribution is 5.84. The summed E-state index contributed by atoms with van der Waals surface area (Å²) >= 11 is 0. The lowest BCUT2D eigenvalue weighted by atomic mass is 9.97. The third-order valence-corrected chi connectivity index (χ3v) is 3.87. The summed E-state index contributed by atoms with van der Waals surface area (Å²) in [7, 11) is 0. The Bertz CT molecular complexity index is 662. The van der Waals surface area contributed by atoms with Gasteiger partial charge in [-0.1, -0.05) is 0 Å². The lowest BCUT2D eigenvalue weighted by Crippen LogP contribution is -2.16. The number of fused-ring (bicyclic) bond motifs is 2. The van der Waals surface area contributed by atoms with Crippen molar-refractivity contribution >= 4 is 10.9 Å². The molecule has 0 bridgehead atoms. The lowest BCUT2D eigenvalue weighted by Gasteiger charge is -2.14. The number of pyridine rings is 1. The minimum atomic E-state index is -4.31. The van der Waals surface area contributed by atoms with Gasteiger partial charge in [0.1, 0.15) is 0 Å². The van der Waals surface area contributed by atoms with Crippen molar-refractivity contribution in [2.75, 3.05) is 13.1 Å². The van der Waals surface area contributed by atoms with Crippen LogP contribution in [0, 0.1) is 6.92 Å². The molecule has 3 rings (SSSR count). The molecule has 0 amide bonds. The predicted molar refractivity (Wildman–Crippen MR) is 71.8 cm³/mol. The quantitative estimate of drug-likeness (QED) is 0.801. The van der Waals surface area contributed by atoms with E-state index in [2.05, 4.69) is 10.3 Å². The van der Waals surface area contributed by atoms with Crippen molar-refractivity contribution < 1.29 is 13.2 Å². The smallest absolute Gasteiger partial charge is 0.316 e. The molecule has 2 heterocycles. The molecule has 0 fully saturated rings. The number of aryl methyl sites for hydroxylation is 1. The van der Waals surface area contributed by atoms with Gasteiger partial charge in [-0.25, -0.2) is 0 Å². The highest BCUT2D eigenvalue weighted by Crippen LogP contribution is 2.33. The molecular formula is C15H15F3N2. The maximum atomic E-state index is 12.8. The zero-order chi connectivity index (χ0) is 14.3. The monoisotopic (exact) mass is 280 g/mol. The molecule has 1 aromatic carbocycles. The van der Waals surface area contributed by atoms with Gasteiger partial charge in [-0.05, 0) is 49.2 Å². The molecule has 0 saturated carbocycles. The molecule has 0 atom stereocenters. The summed E-state index contributed by atoms with van der Waals surface area (Å²) in [4.78, 5) is 4.55. The van der Waals surface area contributed by atoms with E-state index in [9.17, 15) is 13.2 Å². The first-order chi connectivity index (χ1) is 9.47. The van der Waals surface area contributed by atoms with Crippen LogP contribution in [0.4, 0.5) is 13.2 Å². The van der Waals surface area contributed by atoms with Crippen LogP contribution in [0.3, 0.4) is 0 Å². The lowest BCUT2D eigenvalue weighted by molar-refractivity contribution is -0.137. The number of nitrogens with zero attached hydrogens (tertiary/aromatic N) is 1. The van der Waals surface area contributed by atoms with Gasteiger partial charge in [0.2, 0.25) is 0 Å². The van der Waals surface area contributed by atoms with Crippen LogP contribution >= 0.6 is 0 Å². The Morgan fingerprint density at radius 3 is 2.65 bits per heavy atom. The molecule has 0 spiro atoms. The summed E-state index contributed by atoms with van der Waals surface area (Å²) in [6, 6.07) is 3.80. The fourth-order valence-corrected chi connectivity index (χ4v) is 2.79. The van der Waals surface area contributed by atoms with Crippen LogP contribution in [0.5, 0.6) is 0 Å². The normalized spacial score (nSPS) is 16.0. The number of rotatable bonds is 0. The number of hydrogen-bond donors (Lipinski definition) is 1. The van der Waals surface area contributed by atoms with E-state index in [0.717, 1.165) is 48.8 Å². The summed E-state index contributed by atoms with van der Waals surface area (Å²) < 4.78 is 38.5. The van der Waals surface area contributed by atoms with Crippen LogP contribution in [0.2, 0.25) is 0 Å². The first kappa shape index (κ1) is 13.4. The van der Waals surface area contributed by atoms with Gasteiger partial charge in [0, 0.05) is 24.0 Å². The third-order valence-electron chi connectivity index (χ3n) is 3.87. The molecule has 2 aromatic rings. The molecule has 1 N–H and O–H groups in total. The van der Waals surface area contributed by atoms with Crippen molar-refractivity contribution in [1.82, 2.24) is 10.3 Å². The van der Waals surface area contributed by atoms with E-state index in [-0.39, 0.29) is 0 Å². The largest absolute Gasteiger partial charge is 0.416 e. The molecule has 0 radical (unpaired) electrons. The number of halogens is 3. The molecule has 2 nitrogen and oxygen atoms in total. The van der Waals surface area contributed by atoms with Crippen LogP contribution < -0.4 is 5.32 Å². The average molecular weight is 280 g/mol. The van der Waals surface area contributed by atoms with Crippen molar-refractivity contribution in [3.8, 4) is 0 Å². The summed E-state index contributed by atoms with van der Waals surface area (Å²) in [6.45, 7) is 3.61. The minimum absolute atomic E-state index is 0.610. The standard InChI is InChI=1S/C15H15F3N2/c1-9-11-4-6-19-7-5-14(11)20-13-3-2-10(8-12(9)13)15(16,17)18/h2-3,8,19H,4-7H2,1H3. The molecule has 1 aromatic heterocycles. The van der Waals surface area contributed by atoms with Crippen molar-refractivity contribution in [3.05, 3.63) is 40.6 Å². The number of nitrogens with one attached hydrogen (secondary N) is 1. The molecule has 0 unspecified atom stereocenters. The van der Waals surface area contributed by atoms with Gasteiger partial charge >= 0.3 is 6.18 Å². The minimum Gasteiger partial charge on any atom is -0.316 e. The summed E-state index contributed by atoms with van der Waals surface area (Å²) in [5.74, 6) is 0. The molecule has 20 heavy (non-hydrogen) atoms. The van der Waals surface area contributed by atoms with Crippen molar-refractivity contribution in [2.45, 2.75) is 25.9 Å². The fraction of sp³-hybridized carbons (Fsp3) is 0.400. The Labute approximate surface area is 115 Å². The molecule has 0 saturated heterocycles. The fourth-order valence-electron chi connectivity index (χ4n) is 2.79. The zero-order valence-corrected chi connectivity index (χ0v) is 11.1. The molecular weight excluding hydrogens is 265 g/mol. The maximum Gasteiger partial charge on any atom is 0.416 e. The Balaban J connectivity index is 2.23. The first-order valence-corrected chi connectivity index (χ1v) is 6.67. The van der Waals surface area contributed by atoms with E-state index in [1.165, 1.54) is 12.1 Å². The number of benzene rings is 1. The first-order valence-electron chi connectivity index (χ1n) is 6.67. The van der Waals surface area contributed by atoms with Crippen LogP contribution in [0.25, 0.3) is 10.9 Å². The van der Waals surface area contributed by atoms with Gasteiger partial charge in [0.15, 0.2) is 0 Å². The molecule has 1 aliphatic rings. The van der Waals surface area contributed by atoms with E-state index < -0.39 is 11.7 Å². The Hall–Kier alpha value is -1.62. The second kappa shape index (κ2) is 4.74. The Morgan fingerprint density at radius 1 is 1.15 bits per heavy atom. The molecule has 106 valence electrons. The second-order valence-corrected chi connectivity index (χ2v) is 5.14. The summed E-state index contributed by atoms with van der Waals surface area (Å²) in [5, 5.41) is 3.90. The van der Waals surface area contributed by atoms with Crippen LogP contribution in [-0.4, -0.2) is 18.1 Å². The Kier molecular flexibility index (Phi) is 3.17. The van der Waals surface area contributed by atoms with Crippen molar-refractivity contribution in [2.24, 2.45) is 0 Å². The van der Waals surface area contributed by atoms with E-state index in [4.69, 9.17) is 0 Å². The van der Waals surface area contributed by atoms with Gasteiger partial charge in [-0.3, -0.25) is 4.98 Å². The SMILES string of the molecule is Cc1c2c(nc3ccc(C(F)(F)F)cc13)CCNCC2. The van der Waals surface area contributed by atoms with Gasteiger partial charge in [0.05, 0.1) is 11.1 Å². The Morgan fingerprint density at radius 2 is 1.90 bits per heavy atom. The predicted octanol–water partition coefficient (Wildman–Crippen LogP) is 3.25. The van der Waals surface area contributed by atoms with Gasteiger partial charge in [-0.15, -0.1) is 0 Å². The average Bonchev–Trinajstić information content (AvgIpc) is 2.63. The molecule has 1 aliphatic heterocycles. The van der Waals surface area contributed by atoms with Crippen LogP contribution in [0.15, 0.2) is 18.2 Å². The number of aromatic nitrogens is 1. The maximum absolute atomic E-state index is 12.8. The summed E-state index contributed by atoms with van der Waals surface area (Å²) in [6.07, 6.45) is -2.66. The highest BCUT2D eigenvalue weighted by atomic mass is 19.4. The van der Waals surface area contributed by atoms with Gasteiger partial charge < -0.3 is 5.32 Å². The van der Waals surface area contributed by atoms with Crippen LogP contribution in [-0.2, 0) is 19.0 Å². The van der Waals surface area contributed by atoms with Crippen LogP contribution in [0.1, 0.15) is 22.4 Å². The van der Waals surface area contributed by atoms with Crippen molar-refractivity contribution in [1.29, 1.82) is 0 Å². The highest BCUT2D eigenvalue weighted by Gasteiger charge is 2.30. The van der Waals surface area contributed by atoms with Crippen molar-refractivity contribution in [3.63, 3.8) is 0 Å². The third kappa shape index (κ3) is 2.26.